The van der Waals surface area contributed by atoms with E-state index in [1.54, 1.807) is 18.2 Å². The summed E-state index contributed by atoms with van der Waals surface area (Å²) in [7, 11) is 0. The van der Waals surface area contributed by atoms with Crippen molar-refractivity contribution in [1.29, 1.82) is 0 Å². The zero-order valence-corrected chi connectivity index (χ0v) is 10.3. The second-order valence-electron chi connectivity index (χ2n) is 4.37. The maximum atomic E-state index is 14.1. The molecule has 0 heterocycles. The molecule has 0 atom stereocenters. The summed E-state index contributed by atoms with van der Waals surface area (Å²) in [6.07, 6.45) is 0. The summed E-state index contributed by atoms with van der Waals surface area (Å²) in [4.78, 5) is 0. The van der Waals surface area contributed by atoms with Crippen molar-refractivity contribution in [2.45, 2.75) is 19.8 Å². The third kappa shape index (κ3) is 2.67. The van der Waals surface area contributed by atoms with Crippen LogP contribution in [0.25, 0.3) is 0 Å². The minimum Gasteiger partial charge on any atom is -0.454 e. The van der Waals surface area contributed by atoms with Crippen LogP contribution in [-0.2, 0) is 0 Å². The van der Waals surface area contributed by atoms with Crippen LogP contribution in [0, 0.1) is 11.6 Å². The third-order valence-electron chi connectivity index (χ3n) is 2.64. The summed E-state index contributed by atoms with van der Waals surface area (Å²) in [5.74, 6) is -0.327. The van der Waals surface area contributed by atoms with Gasteiger partial charge in [0.15, 0.2) is 11.6 Å². The highest BCUT2D eigenvalue weighted by atomic mass is 19.1. The number of benzene rings is 2. The predicted octanol–water partition coefficient (Wildman–Crippen LogP) is 4.88. The molecule has 0 N–H and O–H groups in total. The molecule has 0 radical (unpaired) electrons. The molecule has 0 aliphatic heterocycles. The summed E-state index contributed by atoms with van der Waals surface area (Å²) in [6, 6.07) is 10.6. The molecule has 0 saturated carbocycles. The average molecular weight is 248 g/mol. The van der Waals surface area contributed by atoms with Gasteiger partial charge in [-0.2, -0.15) is 0 Å². The summed E-state index contributed by atoms with van der Waals surface area (Å²) in [6.45, 7) is 3.81. The van der Waals surface area contributed by atoms with Crippen LogP contribution in [0.1, 0.15) is 25.3 Å². The molecule has 18 heavy (non-hydrogen) atoms. The van der Waals surface area contributed by atoms with Crippen LogP contribution in [0.15, 0.2) is 42.5 Å². The van der Waals surface area contributed by atoms with Gasteiger partial charge in [-0.3, -0.25) is 0 Å². The van der Waals surface area contributed by atoms with Gasteiger partial charge in [0.25, 0.3) is 0 Å². The molecule has 0 amide bonds. The first kappa shape index (κ1) is 12.6. The van der Waals surface area contributed by atoms with E-state index in [9.17, 15) is 8.78 Å². The van der Waals surface area contributed by atoms with Gasteiger partial charge in [-0.1, -0.05) is 32.0 Å². The van der Waals surface area contributed by atoms with Crippen molar-refractivity contribution in [3.05, 3.63) is 59.7 Å². The van der Waals surface area contributed by atoms with Crippen LogP contribution in [0.2, 0.25) is 0 Å². The van der Waals surface area contributed by atoms with Crippen molar-refractivity contribution in [2.24, 2.45) is 0 Å². The molecule has 94 valence electrons. The number of ether oxygens (including phenoxy) is 1. The van der Waals surface area contributed by atoms with E-state index in [0.717, 1.165) is 0 Å². The lowest BCUT2D eigenvalue weighted by atomic mass is 10.0. The molecule has 2 rings (SSSR count). The zero-order chi connectivity index (χ0) is 13.1. The minimum absolute atomic E-state index is 0.0704. The fourth-order valence-corrected chi connectivity index (χ4v) is 1.71. The standard InChI is InChI=1S/C15H14F2O/c1-10(2)13-7-4-8-14(15(13)17)18-12-6-3-5-11(16)9-12/h3-10H,1-2H3. The fourth-order valence-electron chi connectivity index (χ4n) is 1.71. The zero-order valence-electron chi connectivity index (χ0n) is 10.3. The van der Waals surface area contributed by atoms with E-state index in [-0.39, 0.29) is 17.4 Å². The predicted molar refractivity (Wildman–Crippen MR) is 67.0 cm³/mol. The van der Waals surface area contributed by atoms with Crippen LogP contribution >= 0.6 is 0 Å². The maximum absolute atomic E-state index is 14.1. The van der Waals surface area contributed by atoms with Gasteiger partial charge in [0.1, 0.15) is 11.6 Å². The minimum atomic E-state index is -0.409. The van der Waals surface area contributed by atoms with Gasteiger partial charge in [0.2, 0.25) is 0 Å². The van der Waals surface area contributed by atoms with Crippen molar-refractivity contribution < 1.29 is 13.5 Å². The first-order valence-electron chi connectivity index (χ1n) is 5.79. The van der Waals surface area contributed by atoms with Gasteiger partial charge < -0.3 is 4.74 Å². The lowest BCUT2D eigenvalue weighted by molar-refractivity contribution is 0.433. The topological polar surface area (TPSA) is 9.23 Å². The Hall–Kier alpha value is -1.90. The molecular weight excluding hydrogens is 234 g/mol. The van der Waals surface area contributed by atoms with E-state index in [1.807, 2.05) is 13.8 Å². The number of halogens is 2. The van der Waals surface area contributed by atoms with Crippen molar-refractivity contribution in [2.75, 3.05) is 0 Å². The second kappa shape index (κ2) is 5.17. The van der Waals surface area contributed by atoms with Crippen molar-refractivity contribution in [3.63, 3.8) is 0 Å². The van der Waals surface area contributed by atoms with E-state index in [0.29, 0.717) is 5.56 Å². The van der Waals surface area contributed by atoms with Crippen LogP contribution in [0.5, 0.6) is 11.5 Å². The molecular formula is C15H14F2O. The third-order valence-corrected chi connectivity index (χ3v) is 2.64. The van der Waals surface area contributed by atoms with Gasteiger partial charge in [-0.25, -0.2) is 8.78 Å². The molecule has 0 unspecified atom stereocenters. The highest BCUT2D eigenvalue weighted by Gasteiger charge is 2.12. The van der Waals surface area contributed by atoms with Crippen molar-refractivity contribution in [1.82, 2.24) is 0 Å². The number of rotatable bonds is 3. The van der Waals surface area contributed by atoms with Gasteiger partial charge in [0.05, 0.1) is 0 Å². The van der Waals surface area contributed by atoms with E-state index in [2.05, 4.69) is 0 Å². The molecule has 1 nitrogen and oxygen atoms in total. The lowest BCUT2D eigenvalue weighted by Gasteiger charge is -2.11. The summed E-state index contributed by atoms with van der Waals surface area (Å²) < 4.78 is 32.5. The van der Waals surface area contributed by atoms with Gasteiger partial charge >= 0.3 is 0 Å². The Morgan fingerprint density at radius 3 is 2.39 bits per heavy atom. The normalized spacial score (nSPS) is 10.7. The quantitative estimate of drug-likeness (QED) is 0.752. The van der Waals surface area contributed by atoms with E-state index in [4.69, 9.17) is 4.74 Å². The fraction of sp³-hybridized carbons (Fsp3) is 0.200. The van der Waals surface area contributed by atoms with E-state index >= 15 is 0 Å². The molecule has 0 aliphatic carbocycles. The lowest BCUT2D eigenvalue weighted by Crippen LogP contribution is -1.96. The molecule has 0 fully saturated rings. The number of hydrogen-bond acceptors (Lipinski definition) is 1. The van der Waals surface area contributed by atoms with E-state index < -0.39 is 11.6 Å². The monoisotopic (exact) mass is 248 g/mol. The van der Waals surface area contributed by atoms with Gasteiger partial charge in [-0.05, 0) is 29.7 Å². The Balaban J connectivity index is 2.32. The van der Waals surface area contributed by atoms with Gasteiger partial charge in [0, 0.05) is 6.07 Å². The van der Waals surface area contributed by atoms with Crippen LogP contribution in [0.4, 0.5) is 8.78 Å². The molecule has 3 heteroatoms. The molecule has 0 bridgehead atoms. The Kier molecular flexibility index (Phi) is 3.60. The average Bonchev–Trinajstić information content (AvgIpc) is 2.31. The Morgan fingerprint density at radius 2 is 1.72 bits per heavy atom. The Morgan fingerprint density at radius 1 is 1.00 bits per heavy atom. The first-order valence-corrected chi connectivity index (χ1v) is 5.79. The summed E-state index contributed by atoms with van der Waals surface area (Å²) >= 11 is 0. The molecule has 2 aromatic rings. The van der Waals surface area contributed by atoms with E-state index in [1.165, 1.54) is 24.3 Å². The van der Waals surface area contributed by atoms with Crippen LogP contribution in [0.3, 0.4) is 0 Å². The highest BCUT2D eigenvalue weighted by Crippen LogP contribution is 2.29. The molecule has 2 aromatic carbocycles. The maximum Gasteiger partial charge on any atom is 0.169 e. The van der Waals surface area contributed by atoms with Crippen molar-refractivity contribution >= 4 is 0 Å². The summed E-state index contributed by atoms with van der Waals surface area (Å²) in [5, 5.41) is 0. The summed E-state index contributed by atoms with van der Waals surface area (Å²) in [5.41, 5.74) is 0.587. The van der Waals surface area contributed by atoms with Crippen LogP contribution < -0.4 is 4.74 Å². The molecule has 0 aliphatic rings. The Labute approximate surface area is 105 Å². The molecule has 0 saturated heterocycles. The van der Waals surface area contributed by atoms with Crippen LogP contribution in [-0.4, -0.2) is 0 Å². The molecule has 0 spiro atoms. The Bertz CT molecular complexity index is 550. The van der Waals surface area contributed by atoms with Crippen molar-refractivity contribution in [3.8, 4) is 11.5 Å². The molecule has 0 aromatic heterocycles. The highest BCUT2D eigenvalue weighted by molar-refractivity contribution is 5.36. The largest absolute Gasteiger partial charge is 0.454 e. The smallest absolute Gasteiger partial charge is 0.169 e. The first-order chi connectivity index (χ1) is 8.58. The van der Waals surface area contributed by atoms with Gasteiger partial charge in [-0.15, -0.1) is 0 Å². The second-order valence-corrected chi connectivity index (χ2v) is 4.37. The SMILES string of the molecule is CC(C)c1cccc(Oc2cccc(F)c2)c1F. The number of hydrogen-bond donors (Lipinski definition) is 0.